The zero-order valence-corrected chi connectivity index (χ0v) is 18.6. The standard InChI is InChI=1S/C23H16ClF3N2O6/c1-12(19(30)17(10-28)20(31)16-3-2-8-33-22(16)32)34-14-4-6-15(7-5-14)35-21-18(24)9-13(11-29-21)23(25,26)27/h2-9,11-12,17,22,32H,1H3. The molecule has 182 valence electrons. The third kappa shape index (κ3) is 6.17. The summed E-state index contributed by atoms with van der Waals surface area (Å²) >= 11 is 5.82. The Hall–Kier alpha value is -3.88. The number of nitriles is 1. The summed E-state index contributed by atoms with van der Waals surface area (Å²) in [5.41, 5.74) is -1.26. The zero-order valence-electron chi connectivity index (χ0n) is 17.8. The quantitative estimate of drug-likeness (QED) is 0.522. The fourth-order valence-corrected chi connectivity index (χ4v) is 3.10. The molecule has 0 saturated heterocycles. The number of pyridine rings is 1. The monoisotopic (exact) mass is 508 g/mol. The molecule has 0 fully saturated rings. The number of aliphatic hydroxyl groups is 1. The predicted molar refractivity (Wildman–Crippen MR) is 114 cm³/mol. The molecular formula is C23H16ClF3N2O6. The van der Waals surface area contributed by atoms with E-state index in [-0.39, 0.29) is 28.0 Å². The van der Waals surface area contributed by atoms with Crippen molar-refractivity contribution in [1.29, 1.82) is 5.26 Å². The van der Waals surface area contributed by atoms with Crippen LogP contribution in [0, 0.1) is 17.2 Å². The molecule has 0 saturated carbocycles. The maximum Gasteiger partial charge on any atom is 0.417 e. The van der Waals surface area contributed by atoms with Crippen molar-refractivity contribution in [3.63, 3.8) is 0 Å². The minimum atomic E-state index is -4.60. The van der Waals surface area contributed by atoms with Crippen LogP contribution in [0.25, 0.3) is 0 Å². The lowest BCUT2D eigenvalue weighted by Crippen LogP contribution is -2.37. The van der Waals surface area contributed by atoms with Crippen molar-refractivity contribution < 1.29 is 42.1 Å². The first-order valence-corrected chi connectivity index (χ1v) is 10.2. The summed E-state index contributed by atoms with van der Waals surface area (Å²) in [6.45, 7) is 1.35. The predicted octanol–water partition coefficient (Wildman–Crippen LogP) is 4.38. The summed E-state index contributed by atoms with van der Waals surface area (Å²) in [6.07, 6.45) is -3.07. The van der Waals surface area contributed by atoms with Crippen LogP contribution in [0.1, 0.15) is 12.5 Å². The largest absolute Gasteiger partial charge is 0.483 e. The Morgan fingerprint density at radius 2 is 1.91 bits per heavy atom. The van der Waals surface area contributed by atoms with E-state index in [1.165, 1.54) is 43.3 Å². The van der Waals surface area contributed by atoms with Gasteiger partial charge in [-0.3, -0.25) is 9.59 Å². The Morgan fingerprint density at radius 1 is 1.26 bits per heavy atom. The highest BCUT2D eigenvalue weighted by atomic mass is 35.5. The van der Waals surface area contributed by atoms with Crippen molar-refractivity contribution in [2.24, 2.45) is 5.92 Å². The molecule has 1 aliphatic heterocycles. The lowest BCUT2D eigenvalue weighted by Gasteiger charge is -2.20. The van der Waals surface area contributed by atoms with Gasteiger partial charge in [-0.1, -0.05) is 11.6 Å². The average Bonchev–Trinajstić information content (AvgIpc) is 2.81. The number of aliphatic hydroxyl groups excluding tert-OH is 1. The Labute approximate surface area is 201 Å². The van der Waals surface area contributed by atoms with Crippen LogP contribution in [0.2, 0.25) is 5.02 Å². The first-order valence-electron chi connectivity index (χ1n) is 9.86. The van der Waals surface area contributed by atoms with Gasteiger partial charge in [0.25, 0.3) is 0 Å². The summed E-state index contributed by atoms with van der Waals surface area (Å²) in [7, 11) is 0. The van der Waals surface area contributed by atoms with Crippen LogP contribution >= 0.6 is 11.6 Å². The van der Waals surface area contributed by atoms with Crippen molar-refractivity contribution in [2.75, 3.05) is 0 Å². The van der Waals surface area contributed by atoms with Gasteiger partial charge < -0.3 is 19.3 Å². The van der Waals surface area contributed by atoms with Gasteiger partial charge in [-0.15, -0.1) is 0 Å². The van der Waals surface area contributed by atoms with Crippen molar-refractivity contribution in [3.8, 4) is 23.4 Å². The molecule has 0 radical (unpaired) electrons. The van der Waals surface area contributed by atoms with Crippen molar-refractivity contribution >= 4 is 23.2 Å². The Morgan fingerprint density at radius 3 is 2.49 bits per heavy atom. The van der Waals surface area contributed by atoms with Crippen LogP contribution in [0.5, 0.6) is 17.4 Å². The number of carbonyl (C=O) groups excluding carboxylic acids is 2. The maximum absolute atomic E-state index is 12.7. The molecule has 3 unspecified atom stereocenters. The molecule has 35 heavy (non-hydrogen) atoms. The highest BCUT2D eigenvalue weighted by Gasteiger charge is 2.36. The molecule has 0 spiro atoms. The lowest BCUT2D eigenvalue weighted by atomic mass is 9.91. The number of ketones is 2. The summed E-state index contributed by atoms with van der Waals surface area (Å²) in [4.78, 5) is 28.7. The fraction of sp³-hybridized carbons (Fsp3) is 0.217. The van der Waals surface area contributed by atoms with Crippen molar-refractivity contribution in [3.05, 3.63) is 71.1 Å². The van der Waals surface area contributed by atoms with Gasteiger partial charge >= 0.3 is 6.18 Å². The molecular weight excluding hydrogens is 493 g/mol. The summed E-state index contributed by atoms with van der Waals surface area (Å²) < 4.78 is 53.8. The molecule has 8 nitrogen and oxygen atoms in total. The number of aromatic nitrogens is 1. The topological polar surface area (TPSA) is 119 Å². The van der Waals surface area contributed by atoms with Crippen LogP contribution in [-0.4, -0.2) is 34.1 Å². The summed E-state index contributed by atoms with van der Waals surface area (Å²) in [5, 5.41) is 18.8. The van der Waals surface area contributed by atoms with Crippen LogP contribution in [0.3, 0.4) is 0 Å². The van der Waals surface area contributed by atoms with Crippen LogP contribution in [0.4, 0.5) is 13.2 Å². The first-order chi connectivity index (χ1) is 16.5. The lowest BCUT2D eigenvalue weighted by molar-refractivity contribution is -0.138. The number of alkyl halides is 3. The molecule has 1 aromatic heterocycles. The number of halogens is 4. The van der Waals surface area contributed by atoms with E-state index in [1.54, 1.807) is 6.07 Å². The number of ether oxygens (including phenoxy) is 3. The third-order valence-electron chi connectivity index (χ3n) is 4.67. The first kappa shape index (κ1) is 25.7. The highest BCUT2D eigenvalue weighted by Crippen LogP contribution is 2.35. The molecule has 0 aliphatic carbocycles. The molecule has 2 aromatic rings. The molecule has 2 heterocycles. The summed E-state index contributed by atoms with van der Waals surface area (Å²) in [6, 6.07) is 7.88. The number of carbonyl (C=O) groups is 2. The van der Waals surface area contributed by atoms with Gasteiger partial charge in [0.2, 0.25) is 12.2 Å². The molecule has 1 aliphatic rings. The Balaban J connectivity index is 1.65. The van der Waals surface area contributed by atoms with E-state index in [1.807, 2.05) is 0 Å². The Bertz CT molecular complexity index is 1220. The van der Waals surface area contributed by atoms with Gasteiger partial charge in [0, 0.05) is 6.20 Å². The van der Waals surface area contributed by atoms with E-state index in [4.69, 9.17) is 25.8 Å². The number of allylic oxidation sites excluding steroid dienone is 2. The van der Waals surface area contributed by atoms with E-state index in [0.717, 1.165) is 6.26 Å². The van der Waals surface area contributed by atoms with Crippen LogP contribution in [-0.2, 0) is 20.5 Å². The molecule has 12 heteroatoms. The number of rotatable bonds is 8. The van der Waals surface area contributed by atoms with E-state index in [2.05, 4.69) is 4.98 Å². The molecule has 0 bridgehead atoms. The molecule has 3 atom stereocenters. The molecule has 3 rings (SSSR count). The number of hydrogen-bond acceptors (Lipinski definition) is 8. The van der Waals surface area contributed by atoms with E-state index >= 15 is 0 Å². The fourth-order valence-electron chi connectivity index (χ4n) is 2.89. The van der Waals surface area contributed by atoms with Gasteiger partial charge in [-0.2, -0.15) is 18.4 Å². The number of hydrogen-bond donors (Lipinski definition) is 1. The highest BCUT2D eigenvalue weighted by molar-refractivity contribution is 6.31. The maximum atomic E-state index is 12.7. The number of nitrogens with zero attached hydrogens (tertiary/aromatic N) is 2. The second kappa shape index (κ2) is 10.6. The van der Waals surface area contributed by atoms with Gasteiger partial charge in [-0.05, 0) is 49.4 Å². The summed E-state index contributed by atoms with van der Waals surface area (Å²) in [5.74, 6) is -3.36. The number of Topliss-reactive ketones (excluding diaryl/α,β-unsaturated/α-hetero) is 2. The van der Waals surface area contributed by atoms with Gasteiger partial charge in [0.1, 0.15) is 16.5 Å². The van der Waals surface area contributed by atoms with E-state index in [9.17, 15) is 33.1 Å². The molecule has 1 N–H and O–H groups in total. The SMILES string of the molecule is CC(Oc1ccc(Oc2ncc(C(F)(F)F)cc2Cl)cc1)C(=O)C(C#N)C(=O)C1=CC=COC1O. The van der Waals surface area contributed by atoms with Crippen molar-refractivity contribution in [1.82, 2.24) is 4.98 Å². The minimum absolute atomic E-state index is 0.168. The average molecular weight is 509 g/mol. The van der Waals surface area contributed by atoms with Gasteiger partial charge in [0.05, 0.1) is 23.5 Å². The Kier molecular flexibility index (Phi) is 7.78. The second-order valence-electron chi connectivity index (χ2n) is 7.11. The zero-order chi connectivity index (χ0) is 25.8. The molecule has 0 amide bonds. The van der Waals surface area contributed by atoms with Crippen molar-refractivity contribution in [2.45, 2.75) is 25.5 Å². The van der Waals surface area contributed by atoms with E-state index in [0.29, 0.717) is 12.3 Å². The smallest absolute Gasteiger partial charge is 0.417 e. The van der Waals surface area contributed by atoms with Crippen LogP contribution < -0.4 is 9.47 Å². The van der Waals surface area contributed by atoms with Gasteiger partial charge in [-0.25, -0.2) is 4.98 Å². The third-order valence-corrected chi connectivity index (χ3v) is 4.95. The van der Waals surface area contributed by atoms with Crippen LogP contribution in [0.15, 0.2) is 60.5 Å². The molecule has 1 aromatic carbocycles. The normalized spacial score (nSPS) is 16.8. The second-order valence-corrected chi connectivity index (χ2v) is 7.52. The van der Waals surface area contributed by atoms with Gasteiger partial charge in [0.15, 0.2) is 23.6 Å². The minimum Gasteiger partial charge on any atom is -0.483 e. The number of benzene rings is 1. The van der Waals surface area contributed by atoms with E-state index < -0.39 is 41.6 Å².